The fraction of sp³-hybridized carbons (Fsp3) is 0.0400. The molecule has 0 radical (unpaired) electrons. The van der Waals surface area contributed by atoms with Crippen LogP contribution in [-0.4, -0.2) is 0 Å². The van der Waals surface area contributed by atoms with Gasteiger partial charge < -0.3 is 8.83 Å². The lowest BCUT2D eigenvalue weighted by Gasteiger charge is -2.14. The van der Waals surface area contributed by atoms with Crippen LogP contribution in [0.1, 0.15) is 23.3 Å². The van der Waals surface area contributed by atoms with E-state index in [2.05, 4.69) is 170 Å². The Kier molecular flexibility index (Phi) is 6.41. The first-order chi connectivity index (χ1) is 25.7. The molecule has 1 aliphatic carbocycles. The Morgan fingerprint density at radius 2 is 0.865 bits per heavy atom. The largest absolute Gasteiger partial charge is 0.460 e. The third kappa shape index (κ3) is 4.80. The Labute approximate surface area is 300 Å². The van der Waals surface area contributed by atoms with E-state index in [-0.39, 0.29) is 0 Å². The van der Waals surface area contributed by atoms with Crippen LogP contribution >= 0.6 is 0 Å². The number of hydrogen-bond acceptors (Lipinski definition) is 2. The molecule has 2 aromatic heterocycles. The van der Waals surface area contributed by atoms with E-state index in [9.17, 15) is 0 Å². The Hall–Kier alpha value is -6.64. The first-order valence-electron chi connectivity index (χ1n) is 18.0. The average molecular weight is 665 g/mol. The van der Waals surface area contributed by atoms with Gasteiger partial charge in [-0.2, -0.15) is 0 Å². The van der Waals surface area contributed by atoms with Crippen LogP contribution in [-0.2, 0) is 6.42 Å². The highest BCUT2D eigenvalue weighted by molar-refractivity contribution is 6.12. The van der Waals surface area contributed by atoms with Gasteiger partial charge in [0.2, 0.25) is 0 Å². The van der Waals surface area contributed by atoms with Gasteiger partial charge in [0.25, 0.3) is 0 Å². The number of rotatable bonds is 4. The maximum absolute atomic E-state index is 6.48. The molecule has 0 N–H and O–H groups in total. The molecule has 0 spiro atoms. The van der Waals surface area contributed by atoms with Gasteiger partial charge in [0, 0.05) is 34.2 Å². The van der Waals surface area contributed by atoms with E-state index in [4.69, 9.17) is 8.83 Å². The van der Waals surface area contributed by atoms with Crippen LogP contribution in [0.4, 0.5) is 0 Å². The van der Waals surface area contributed by atoms with Crippen molar-refractivity contribution in [2.45, 2.75) is 12.8 Å². The molecule has 0 amide bonds. The van der Waals surface area contributed by atoms with Gasteiger partial charge in [0.15, 0.2) is 0 Å². The molecule has 8 aromatic carbocycles. The molecular formula is C50H32O2. The summed E-state index contributed by atoms with van der Waals surface area (Å²) in [6, 6.07) is 59.2. The molecule has 52 heavy (non-hydrogen) atoms. The van der Waals surface area contributed by atoms with Gasteiger partial charge >= 0.3 is 0 Å². The number of furan rings is 2. The van der Waals surface area contributed by atoms with Gasteiger partial charge in [-0.1, -0.05) is 115 Å². The number of benzene rings is 8. The van der Waals surface area contributed by atoms with Crippen LogP contribution in [0.25, 0.3) is 99.5 Å². The number of aryl methyl sites for hydroxylation is 1. The highest BCUT2D eigenvalue weighted by Gasteiger charge is 2.21. The maximum Gasteiger partial charge on any atom is 0.139 e. The van der Waals surface area contributed by atoms with Crippen LogP contribution in [0.3, 0.4) is 0 Å². The predicted molar refractivity (Wildman–Crippen MR) is 217 cm³/mol. The number of allylic oxidation sites excluding steroid dienone is 1. The van der Waals surface area contributed by atoms with Crippen molar-refractivity contribution in [2.75, 3.05) is 0 Å². The summed E-state index contributed by atoms with van der Waals surface area (Å²) in [5, 5.41) is 8.39. The molecule has 244 valence electrons. The predicted octanol–water partition coefficient (Wildman–Crippen LogP) is 14.1. The summed E-state index contributed by atoms with van der Waals surface area (Å²) in [7, 11) is 0. The van der Waals surface area contributed by atoms with Crippen LogP contribution < -0.4 is 0 Å². The average Bonchev–Trinajstić information content (AvgIpc) is 3.76. The second-order valence-electron chi connectivity index (χ2n) is 14.1. The van der Waals surface area contributed by atoms with Gasteiger partial charge in [0.1, 0.15) is 22.5 Å². The molecule has 11 rings (SSSR count). The fourth-order valence-corrected chi connectivity index (χ4v) is 8.20. The van der Waals surface area contributed by atoms with Crippen LogP contribution in [0.5, 0.6) is 0 Å². The zero-order chi connectivity index (χ0) is 34.2. The summed E-state index contributed by atoms with van der Waals surface area (Å²) in [6.07, 6.45) is 4.16. The van der Waals surface area contributed by atoms with E-state index >= 15 is 0 Å². The van der Waals surface area contributed by atoms with Crippen molar-refractivity contribution in [1.29, 1.82) is 0 Å². The van der Waals surface area contributed by atoms with Crippen LogP contribution in [0.15, 0.2) is 173 Å². The molecule has 2 heterocycles. The lowest BCUT2D eigenvalue weighted by molar-refractivity contribution is 0.547. The Bertz CT molecular complexity index is 3080. The van der Waals surface area contributed by atoms with Crippen molar-refractivity contribution < 1.29 is 8.83 Å². The summed E-state index contributed by atoms with van der Waals surface area (Å²) in [4.78, 5) is 0. The van der Waals surface area contributed by atoms with Crippen LogP contribution in [0, 0.1) is 0 Å². The van der Waals surface area contributed by atoms with Crippen molar-refractivity contribution in [3.63, 3.8) is 0 Å². The highest BCUT2D eigenvalue weighted by atomic mass is 16.3. The second-order valence-corrected chi connectivity index (χ2v) is 14.1. The molecule has 1 aliphatic rings. The van der Waals surface area contributed by atoms with E-state index in [1.165, 1.54) is 71.6 Å². The molecule has 2 nitrogen and oxygen atoms in total. The normalized spacial score (nSPS) is 13.0. The molecule has 0 atom stereocenters. The van der Waals surface area contributed by atoms with E-state index < -0.39 is 0 Å². The SMILES string of the molecule is C1=C(c2cccc(-c3ccc4ccccc4c3)c2)CCc2oc3cc4oc5ccc(-c6cccc(-c7ccc8ccccc8c7)c6)cc5c4cc3c21. The molecule has 10 aromatic rings. The lowest BCUT2D eigenvalue weighted by Crippen LogP contribution is -1.96. The summed E-state index contributed by atoms with van der Waals surface area (Å²) in [5.74, 6) is 1.05. The van der Waals surface area contributed by atoms with Gasteiger partial charge in [-0.05, 0) is 121 Å². The summed E-state index contributed by atoms with van der Waals surface area (Å²) >= 11 is 0. The minimum atomic E-state index is 0.850. The zero-order valence-corrected chi connectivity index (χ0v) is 28.4. The molecule has 0 unspecified atom stereocenters. The third-order valence-corrected chi connectivity index (χ3v) is 10.9. The quantitative estimate of drug-likeness (QED) is 0.187. The number of hydrogen-bond donors (Lipinski definition) is 0. The van der Waals surface area contributed by atoms with Crippen molar-refractivity contribution >= 4 is 66.1 Å². The Balaban J connectivity index is 0.973. The Morgan fingerprint density at radius 1 is 0.327 bits per heavy atom. The first kappa shape index (κ1) is 29.1. The molecule has 0 fully saturated rings. The van der Waals surface area contributed by atoms with Crippen molar-refractivity contribution in [3.05, 3.63) is 181 Å². The van der Waals surface area contributed by atoms with Gasteiger partial charge in [-0.3, -0.25) is 0 Å². The molecule has 2 heteroatoms. The number of fused-ring (bicyclic) bond motifs is 8. The second kappa shape index (κ2) is 11.4. The first-order valence-corrected chi connectivity index (χ1v) is 18.0. The van der Waals surface area contributed by atoms with E-state index in [1.807, 2.05) is 0 Å². The molecule has 0 aliphatic heterocycles. The molecule has 0 saturated heterocycles. The Morgan fingerprint density at radius 3 is 1.56 bits per heavy atom. The van der Waals surface area contributed by atoms with E-state index in [0.29, 0.717) is 0 Å². The highest BCUT2D eigenvalue weighted by Crippen LogP contribution is 2.42. The van der Waals surface area contributed by atoms with E-state index in [1.54, 1.807) is 0 Å². The summed E-state index contributed by atoms with van der Waals surface area (Å²) < 4.78 is 12.9. The monoisotopic (exact) mass is 664 g/mol. The maximum atomic E-state index is 6.48. The van der Waals surface area contributed by atoms with Crippen molar-refractivity contribution in [1.82, 2.24) is 0 Å². The fourth-order valence-electron chi connectivity index (χ4n) is 8.20. The smallest absolute Gasteiger partial charge is 0.139 e. The summed E-state index contributed by atoms with van der Waals surface area (Å²) in [5.41, 5.74) is 13.6. The zero-order valence-electron chi connectivity index (χ0n) is 28.4. The van der Waals surface area contributed by atoms with Gasteiger partial charge in [-0.15, -0.1) is 0 Å². The van der Waals surface area contributed by atoms with Crippen LogP contribution in [0.2, 0.25) is 0 Å². The summed E-state index contributed by atoms with van der Waals surface area (Å²) in [6.45, 7) is 0. The van der Waals surface area contributed by atoms with E-state index in [0.717, 1.165) is 51.5 Å². The molecular weight excluding hydrogens is 633 g/mol. The van der Waals surface area contributed by atoms with Crippen molar-refractivity contribution in [3.8, 4) is 33.4 Å². The molecule has 0 bridgehead atoms. The topological polar surface area (TPSA) is 26.3 Å². The lowest BCUT2D eigenvalue weighted by atomic mass is 9.90. The standard InChI is InChI=1S/C50H32O2/c1-3-9-33-23-39(17-15-31(33)7-1)35-11-5-13-37(25-35)41-19-21-47-43(27-41)45-29-46-44-28-42(20-22-48(44)52-50(46)30-49(45)51-47)38-14-6-12-36(26-38)40-18-16-32-8-2-4-10-34(32)24-40/h1-19,21,23-30H,20,22H2. The minimum Gasteiger partial charge on any atom is -0.460 e. The third-order valence-electron chi connectivity index (χ3n) is 10.9. The van der Waals surface area contributed by atoms with Crippen molar-refractivity contribution in [2.24, 2.45) is 0 Å². The van der Waals surface area contributed by atoms with Gasteiger partial charge in [-0.25, -0.2) is 0 Å². The van der Waals surface area contributed by atoms with Gasteiger partial charge in [0.05, 0.1) is 0 Å². The molecule has 0 saturated carbocycles. The minimum absolute atomic E-state index is 0.850.